The maximum atomic E-state index is 13.8. The van der Waals surface area contributed by atoms with Crippen LogP contribution in [0.5, 0.6) is 0 Å². The van der Waals surface area contributed by atoms with Gasteiger partial charge in [0.2, 0.25) is 0 Å². The number of fused-ring (bicyclic) bond motifs is 1. The van der Waals surface area contributed by atoms with Crippen LogP contribution >= 0.6 is 15.9 Å². The molecule has 0 aliphatic rings. The number of nitrogens with one attached hydrogen (secondary N) is 1. The Bertz CT molecular complexity index is 763. The number of benzene rings is 2. The number of aromatic nitrogens is 2. The van der Waals surface area contributed by atoms with Gasteiger partial charge in [0.05, 0.1) is 11.1 Å². The maximum absolute atomic E-state index is 13.8. The second-order valence-corrected chi connectivity index (χ2v) is 4.79. The van der Waals surface area contributed by atoms with Crippen LogP contribution in [0.15, 0.2) is 34.8 Å². The van der Waals surface area contributed by atoms with Gasteiger partial charge >= 0.3 is 0 Å². The van der Waals surface area contributed by atoms with Crippen molar-refractivity contribution in [2.24, 2.45) is 0 Å². The summed E-state index contributed by atoms with van der Waals surface area (Å²) < 4.78 is 40.9. The fourth-order valence-corrected chi connectivity index (χ4v) is 2.39. The first-order valence-corrected chi connectivity index (χ1v) is 6.15. The van der Waals surface area contributed by atoms with Crippen molar-refractivity contribution in [2.75, 3.05) is 0 Å². The smallest absolute Gasteiger partial charge is 0.186 e. The highest BCUT2D eigenvalue weighted by atomic mass is 79.9. The van der Waals surface area contributed by atoms with Crippen molar-refractivity contribution in [2.45, 2.75) is 0 Å². The minimum atomic E-state index is -1.05. The monoisotopic (exact) mass is 326 g/mol. The van der Waals surface area contributed by atoms with Crippen molar-refractivity contribution < 1.29 is 13.2 Å². The summed E-state index contributed by atoms with van der Waals surface area (Å²) in [7, 11) is 0. The average Bonchev–Trinajstić information content (AvgIpc) is 2.78. The predicted molar refractivity (Wildman–Crippen MR) is 69.1 cm³/mol. The molecule has 0 unspecified atom stereocenters. The third-order valence-electron chi connectivity index (χ3n) is 2.75. The van der Waals surface area contributed by atoms with E-state index in [1.807, 2.05) is 0 Å². The molecule has 19 heavy (non-hydrogen) atoms. The standard InChI is InChI=1S/C13H6BrF3N2/c14-6-2-1-3-7(15)10(6)13-18-9-5-4-8(16)11(17)12(9)19-13/h1-5H,(H,18,19). The van der Waals surface area contributed by atoms with Gasteiger partial charge in [0.25, 0.3) is 0 Å². The summed E-state index contributed by atoms with van der Waals surface area (Å²) in [4.78, 5) is 6.70. The Morgan fingerprint density at radius 1 is 1.00 bits per heavy atom. The van der Waals surface area contributed by atoms with E-state index in [-0.39, 0.29) is 16.9 Å². The molecule has 0 atom stereocenters. The molecule has 0 aliphatic heterocycles. The molecule has 3 aromatic rings. The first-order valence-electron chi connectivity index (χ1n) is 5.36. The van der Waals surface area contributed by atoms with Crippen LogP contribution < -0.4 is 0 Å². The number of H-pyrrole nitrogens is 1. The number of aromatic amines is 1. The average molecular weight is 327 g/mol. The molecule has 0 saturated heterocycles. The molecule has 1 aromatic heterocycles. The van der Waals surface area contributed by atoms with Crippen LogP contribution in [0.25, 0.3) is 22.4 Å². The second kappa shape index (κ2) is 4.38. The second-order valence-electron chi connectivity index (χ2n) is 3.94. The Morgan fingerprint density at radius 3 is 2.53 bits per heavy atom. The van der Waals surface area contributed by atoms with Crippen LogP contribution in [0.4, 0.5) is 13.2 Å². The van der Waals surface area contributed by atoms with Crippen molar-refractivity contribution in [3.63, 3.8) is 0 Å². The highest BCUT2D eigenvalue weighted by Crippen LogP contribution is 2.31. The zero-order valence-electron chi connectivity index (χ0n) is 9.35. The van der Waals surface area contributed by atoms with E-state index in [1.165, 1.54) is 18.2 Å². The lowest BCUT2D eigenvalue weighted by Gasteiger charge is -2.01. The molecule has 0 fully saturated rings. The number of hydrogen-bond acceptors (Lipinski definition) is 1. The van der Waals surface area contributed by atoms with Gasteiger partial charge in [-0.2, -0.15) is 0 Å². The number of rotatable bonds is 1. The predicted octanol–water partition coefficient (Wildman–Crippen LogP) is 4.41. The molecule has 0 saturated carbocycles. The SMILES string of the molecule is Fc1cccc(Br)c1-c1nc2c(F)c(F)ccc2[nH]1. The molecule has 96 valence electrons. The van der Waals surface area contributed by atoms with E-state index in [2.05, 4.69) is 25.9 Å². The summed E-state index contributed by atoms with van der Waals surface area (Å²) in [5, 5.41) is 0. The van der Waals surface area contributed by atoms with E-state index in [1.54, 1.807) is 6.07 Å². The van der Waals surface area contributed by atoms with E-state index >= 15 is 0 Å². The summed E-state index contributed by atoms with van der Waals surface area (Å²) in [5.41, 5.74) is 0.340. The molecule has 0 spiro atoms. The zero-order valence-corrected chi connectivity index (χ0v) is 10.9. The van der Waals surface area contributed by atoms with Crippen LogP contribution in [0.1, 0.15) is 0 Å². The van der Waals surface area contributed by atoms with Crippen LogP contribution in [0, 0.1) is 17.5 Å². The first kappa shape index (κ1) is 12.2. The van der Waals surface area contributed by atoms with Gasteiger partial charge < -0.3 is 4.98 Å². The summed E-state index contributed by atoms with van der Waals surface area (Å²) in [6, 6.07) is 6.80. The minimum Gasteiger partial charge on any atom is -0.338 e. The topological polar surface area (TPSA) is 28.7 Å². The summed E-state index contributed by atoms with van der Waals surface area (Å²) in [6.45, 7) is 0. The van der Waals surface area contributed by atoms with Gasteiger partial charge in [-0.25, -0.2) is 18.2 Å². The third-order valence-corrected chi connectivity index (χ3v) is 3.41. The van der Waals surface area contributed by atoms with Gasteiger partial charge in [-0.05, 0) is 40.2 Å². The Balaban J connectivity index is 2.30. The summed E-state index contributed by atoms with van der Waals surface area (Å²) in [6.07, 6.45) is 0. The van der Waals surface area contributed by atoms with Crippen molar-refractivity contribution in [3.05, 3.63) is 52.3 Å². The number of halogens is 4. The van der Waals surface area contributed by atoms with Gasteiger partial charge in [-0.3, -0.25) is 0 Å². The molecule has 3 rings (SSSR count). The molecule has 0 aliphatic carbocycles. The molecule has 0 bridgehead atoms. The minimum absolute atomic E-state index is 0.143. The van der Waals surface area contributed by atoms with Crippen molar-refractivity contribution in [1.82, 2.24) is 9.97 Å². The third kappa shape index (κ3) is 1.92. The highest BCUT2D eigenvalue weighted by molar-refractivity contribution is 9.10. The molecule has 0 amide bonds. The normalized spacial score (nSPS) is 11.2. The lowest BCUT2D eigenvalue weighted by atomic mass is 10.2. The van der Waals surface area contributed by atoms with E-state index in [0.29, 0.717) is 9.99 Å². The fraction of sp³-hybridized carbons (Fsp3) is 0. The van der Waals surface area contributed by atoms with Gasteiger partial charge in [0.1, 0.15) is 17.2 Å². The Morgan fingerprint density at radius 2 is 1.79 bits per heavy atom. The number of imidazole rings is 1. The molecule has 2 aromatic carbocycles. The number of hydrogen-bond donors (Lipinski definition) is 1. The first-order chi connectivity index (χ1) is 9.08. The highest BCUT2D eigenvalue weighted by Gasteiger charge is 2.16. The molecular formula is C13H6BrF3N2. The van der Waals surface area contributed by atoms with Gasteiger partial charge in [-0.15, -0.1) is 0 Å². The van der Waals surface area contributed by atoms with Crippen LogP contribution in [-0.2, 0) is 0 Å². The van der Waals surface area contributed by atoms with Gasteiger partial charge in [0.15, 0.2) is 11.6 Å². The van der Waals surface area contributed by atoms with Crippen molar-refractivity contribution in [3.8, 4) is 11.4 Å². The van der Waals surface area contributed by atoms with Crippen LogP contribution in [0.3, 0.4) is 0 Å². The summed E-state index contributed by atoms with van der Waals surface area (Å²) in [5.74, 6) is -2.40. The molecular weight excluding hydrogens is 321 g/mol. The number of nitrogens with zero attached hydrogens (tertiary/aromatic N) is 1. The molecule has 1 N–H and O–H groups in total. The van der Waals surface area contributed by atoms with Crippen molar-refractivity contribution >= 4 is 27.0 Å². The molecule has 6 heteroatoms. The van der Waals surface area contributed by atoms with E-state index in [0.717, 1.165) is 6.07 Å². The van der Waals surface area contributed by atoms with E-state index in [9.17, 15) is 13.2 Å². The quantitative estimate of drug-likeness (QED) is 0.705. The van der Waals surface area contributed by atoms with E-state index < -0.39 is 17.5 Å². The lowest BCUT2D eigenvalue weighted by Crippen LogP contribution is -1.88. The van der Waals surface area contributed by atoms with Gasteiger partial charge in [-0.1, -0.05) is 6.07 Å². The summed E-state index contributed by atoms with van der Waals surface area (Å²) >= 11 is 3.21. The largest absolute Gasteiger partial charge is 0.338 e. The Kier molecular flexibility index (Phi) is 2.82. The maximum Gasteiger partial charge on any atom is 0.186 e. The Hall–Kier alpha value is -1.82. The van der Waals surface area contributed by atoms with E-state index in [4.69, 9.17) is 0 Å². The molecule has 2 nitrogen and oxygen atoms in total. The Labute approximate surface area is 114 Å². The van der Waals surface area contributed by atoms with Crippen LogP contribution in [-0.4, -0.2) is 9.97 Å². The zero-order chi connectivity index (χ0) is 13.6. The van der Waals surface area contributed by atoms with Crippen molar-refractivity contribution in [1.29, 1.82) is 0 Å². The lowest BCUT2D eigenvalue weighted by molar-refractivity contribution is 0.515. The fourth-order valence-electron chi connectivity index (χ4n) is 1.86. The molecule has 1 heterocycles. The molecule has 0 radical (unpaired) electrons. The van der Waals surface area contributed by atoms with Crippen LogP contribution in [0.2, 0.25) is 0 Å². The van der Waals surface area contributed by atoms with Gasteiger partial charge in [0, 0.05) is 4.47 Å².